The number of hydrogen-bond donors (Lipinski definition) is 1. The quantitative estimate of drug-likeness (QED) is 0.887. The molecule has 1 heterocycles. The third-order valence-electron chi connectivity index (χ3n) is 3.00. The molecule has 2 rings (SSSR count). The predicted molar refractivity (Wildman–Crippen MR) is 73.4 cm³/mol. The highest BCUT2D eigenvalue weighted by molar-refractivity contribution is 5.96. The fourth-order valence-electron chi connectivity index (χ4n) is 1.91. The minimum atomic E-state index is -0.0781. The van der Waals surface area contributed by atoms with Crippen molar-refractivity contribution in [2.75, 3.05) is 23.4 Å². The maximum atomic E-state index is 11.6. The minimum Gasteiger partial charge on any atom is -0.489 e. The van der Waals surface area contributed by atoms with Gasteiger partial charge in [-0.1, -0.05) is 13.8 Å². The fourth-order valence-corrected chi connectivity index (χ4v) is 1.91. The van der Waals surface area contributed by atoms with E-state index in [2.05, 4.69) is 5.32 Å². The van der Waals surface area contributed by atoms with Crippen LogP contribution in [0.2, 0.25) is 0 Å². The SMILES string of the molecule is CC(=O)N1CCOc2cc(NC(=O)C(C)C)ccc21. The summed E-state index contributed by atoms with van der Waals surface area (Å²) in [5.74, 6) is 0.497. The highest BCUT2D eigenvalue weighted by Crippen LogP contribution is 2.34. The lowest BCUT2D eigenvalue weighted by Crippen LogP contribution is -2.36. The maximum Gasteiger partial charge on any atom is 0.226 e. The Bertz CT molecular complexity index is 511. The molecule has 0 aromatic heterocycles. The number of anilines is 2. The summed E-state index contributed by atoms with van der Waals surface area (Å²) in [6, 6.07) is 5.33. The number of hydrogen-bond acceptors (Lipinski definition) is 3. The van der Waals surface area contributed by atoms with Gasteiger partial charge in [0.25, 0.3) is 0 Å². The van der Waals surface area contributed by atoms with Crippen LogP contribution in [0.25, 0.3) is 0 Å². The molecule has 1 aromatic rings. The van der Waals surface area contributed by atoms with Crippen LogP contribution in [0, 0.1) is 5.92 Å². The first kappa shape index (κ1) is 13.4. The van der Waals surface area contributed by atoms with Crippen LogP contribution in [-0.4, -0.2) is 25.0 Å². The molecule has 0 unspecified atom stereocenters. The van der Waals surface area contributed by atoms with E-state index in [1.165, 1.54) is 6.92 Å². The minimum absolute atomic E-state index is 0.0106. The maximum absolute atomic E-state index is 11.6. The summed E-state index contributed by atoms with van der Waals surface area (Å²) in [7, 11) is 0. The third kappa shape index (κ3) is 2.86. The Morgan fingerprint density at radius 3 is 2.74 bits per heavy atom. The van der Waals surface area contributed by atoms with E-state index in [9.17, 15) is 9.59 Å². The Kier molecular flexibility index (Phi) is 3.74. The van der Waals surface area contributed by atoms with Gasteiger partial charge in [0.05, 0.1) is 12.2 Å². The molecular weight excluding hydrogens is 244 g/mol. The lowest BCUT2D eigenvalue weighted by molar-refractivity contribution is -0.119. The van der Waals surface area contributed by atoms with Crippen molar-refractivity contribution in [1.29, 1.82) is 0 Å². The highest BCUT2D eigenvalue weighted by atomic mass is 16.5. The Morgan fingerprint density at radius 1 is 1.37 bits per heavy atom. The van der Waals surface area contributed by atoms with E-state index < -0.39 is 0 Å². The molecule has 1 aliphatic heterocycles. The molecule has 0 spiro atoms. The van der Waals surface area contributed by atoms with E-state index in [-0.39, 0.29) is 17.7 Å². The number of nitrogens with zero attached hydrogens (tertiary/aromatic N) is 1. The van der Waals surface area contributed by atoms with Crippen LogP contribution in [0.4, 0.5) is 11.4 Å². The summed E-state index contributed by atoms with van der Waals surface area (Å²) in [4.78, 5) is 24.8. The number of ether oxygens (including phenoxy) is 1. The molecule has 5 nitrogen and oxygen atoms in total. The molecule has 0 bridgehead atoms. The monoisotopic (exact) mass is 262 g/mol. The van der Waals surface area contributed by atoms with E-state index in [1.54, 1.807) is 23.1 Å². The van der Waals surface area contributed by atoms with Crippen LogP contribution in [0.1, 0.15) is 20.8 Å². The molecule has 102 valence electrons. The summed E-state index contributed by atoms with van der Waals surface area (Å²) >= 11 is 0. The zero-order valence-corrected chi connectivity index (χ0v) is 11.4. The molecule has 0 radical (unpaired) electrons. The fraction of sp³-hybridized carbons (Fsp3) is 0.429. The van der Waals surface area contributed by atoms with E-state index in [0.717, 1.165) is 5.69 Å². The normalized spacial score (nSPS) is 13.8. The predicted octanol–water partition coefficient (Wildman–Crippen LogP) is 2.03. The smallest absolute Gasteiger partial charge is 0.226 e. The molecule has 0 saturated carbocycles. The Balaban J connectivity index is 2.24. The van der Waals surface area contributed by atoms with Gasteiger partial charge in [-0.25, -0.2) is 0 Å². The zero-order chi connectivity index (χ0) is 14.0. The van der Waals surface area contributed by atoms with Gasteiger partial charge in [-0.05, 0) is 12.1 Å². The molecule has 1 aromatic carbocycles. The van der Waals surface area contributed by atoms with Gasteiger partial charge in [-0.2, -0.15) is 0 Å². The van der Waals surface area contributed by atoms with Gasteiger partial charge in [0.15, 0.2) is 0 Å². The van der Waals surface area contributed by atoms with Crippen molar-refractivity contribution in [3.8, 4) is 5.75 Å². The van der Waals surface area contributed by atoms with E-state index in [1.807, 2.05) is 13.8 Å². The second-order valence-electron chi connectivity index (χ2n) is 4.85. The summed E-state index contributed by atoms with van der Waals surface area (Å²) in [5.41, 5.74) is 1.43. The van der Waals surface area contributed by atoms with E-state index in [0.29, 0.717) is 24.6 Å². The summed E-state index contributed by atoms with van der Waals surface area (Å²) in [6.07, 6.45) is 0. The van der Waals surface area contributed by atoms with E-state index >= 15 is 0 Å². The Morgan fingerprint density at radius 2 is 2.11 bits per heavy atom. The summed E-state index contributed by atoms with van der Waals surface area (Å²) in [5, 5.41) is 2.81. The van der Waals surface area contributed by atoms with Crippen molar-refractivity contribution in [2.24, 2.45) is 5.92 Å². The van der Waals surface area contributed by atoms with Gasteiger partial charge < -0.3 is 15.0 Å². The van der Waals surface area contributed by atoms with Crippen molar-refractivity contribution in [3.05, 3.63) is 18.2 Å². The van der Waals surface area contributed by atoms with Crippen LogP contribution in [0.3, 0.4) is 0 Å². The van der Waals surface area contributed by atoms with Gasteiger partial charge >= 0.3 is 0 Å². The lowest BCUT2D eigenvalue weighted by atomic mass is 10.1. The molecule has 2 amide bonds. The number of benzene rings is 1. The van der Waals surface area contributed by atoms with Crippen molar-refractivity contribution in [1.82, 2.24) is 0 Å². The molecule has 19 heavy (non-hydrogen) atoms. The first-order chi connectivity index (χ1) is 8.99. The standard InChI is InChI=1S/C14H18N2O3/c1-9(2)14(18)15-11-4-5-12-13(8-11)19-7-6-16(12)10(3)17/h4-5,8-9H,6-7H2,1-3H3,(H,15,18). The van der Waals surface area contributed by atoms with Gasteiger partial charge in [0.1, 0.15) is 12.4 Å². The molecule has 0 saturated heterocycles. The van der Waals surface area contributed by atoms with Crippen molar-refractivity contribution >= 4 is 23.2 Å². The van der Waals surface area contributed by atoms with Gasteiger partial charge in [0.2, 0.25) is 11.8 Å². The van der Waals surface area contributed by atoms with Crippen molar-refractivity contribution in [3.63, 3.8) is 0 Å². The van der Waals surface area contributed by atoms with Crippen LogP contribution < -0.4 is 15.0 Å². The van der Waals surface area contributed by atoms with Crippen molar-refractivity contribution in [2.45, 2.75) is 20.8 Å². The third-order valence-corrected chi connectivity index (χ3v) is 3.00. The topological polar surface area (TPSA) is 58.6 Å². The van der Waals surface area contributed by atoms with Gasteiger partial charge in [0, 0.05) is 24.6 Å². The first-order valence-electron chi connectivity index (χ1n) is 6.35. The van der Waals surface area contributed by atoms with Crippen LogP contribution in [-0.2, 0) is 9.59 Å². The molecular formula is C14H18N2O3. The van der Waals surface area contributed by atoms with Gasteiger partial charge in [-0.3, -0.25) is 9.59 Å². The molecule has 5 heteroatoms. The van der Waals surface area contributed by atoms with E-state index in [4.69, 9.17) is 4.74 Å². The van der Waals surface area contributed by atoms with Gasteiger partial charge in [-0.15, -0.1) is 0 Å². The zero-order valence-electron chi connectivity index (χ0n) is 11.4. The number of rotatable bonds is 2. The number of nitrogens with one attached hydrogen (secondary N) is 1. The number of carbonyl (C=O) groups excluding carboxylic acids is 2. The van der Waals surface area contributed by atoms with Crippen molar-refractivity contribution < 1.29 is 14.3 Å². The van der Waals surface area contributed by atoms with Crippen LogP contribution >= 0.6 is 0 Å². The number of carbonyl (C=O) groups is 2. The Hall–Kier alpha value is -2.04. The van der Waals surface area contributed by atoms with Crippen LogP contribution in [0.15, 0.2) is 18.2 Å². The van der Waals surface area contributed by atoms with Crippen LogP contribution in [0.5, 0.6) is 5.75 Å². The Labute approximate surface area is 112 Å². The molecule has 0 fully saturated rings. The molecule has 0 atom stereocenters. The largest absolute Gasteiger partial charge is 0.489 e. The average Bonchev–Trinajstić information content (AvgIpc) is 2.37. The summed E-state index contributed by atoms with van der Waals surface area (Å²) in [6.45, 7) is 6.22. The first-order valence-corrected chi connectivity index (χ1v) is 6.35. The second-order valence-corrected chi connectivity index (χ2v) is 4.85. The second kappa shape index (κ2) is 5.30. The summed E-state index contributed by atoms with van der Waals surface area (Å²) < 4.78 is 5.54. The number of fused-ring (bicyclic) bond motifs is 1. The molecule has 0 aliphatic carbocycles. The lowest BCUT2D eigenvalue weighted by Gasteiger charge is -2.29. The molecule has 1 N–H and O–H groups in total. The number of amides is 2. The highest BCUT2D eigenvalue weighted by Gasteiger charge is 2.21. The molecule has 1 aliphatic rings. The average molecular weight is 262 g/mol.